The fourth-order valence-corrected chi connectivity index (χ4v) is 9.33. The molecule has 3 aromatic rings. The Hall–Kier alpha value is -3.50. The van der Waals surface area contributed by atoms with Crippen LogP contribution < -0.4 is 0 Å². The van der Waals surface area contributed by atoms with E-state index in [4.69, 9.17) is 9.47 Å². The SMILES string of the molecule is CCCCC(Cc1cc(C(C)(C)C)c(O)c(C(C)(C)C)c1)(C(=O)OC1CC(C)(C)N(C)C(C)(C)C1)C(=O)OC1CC(C)(C)N(C)C(C)(C)C1.c1ccc2[nH]nnc2c1. The lowest BCUT2D eigenvalue weighted by molar-refractivity contribution is -0.188. The van der Waals surface area contributed by atoms with E-state index in [0.717, 1.165) is 34.1 Å². The molecule has 1 aromatic heterocycles. The topological polar surface area (TPSA) is 121 Å². The molecule has 10 nitrogen and oxygen atoms in total. The number of hydrogen-bond donors (Lipinski definition) is 2. The maximum atomic E-state index is 15.0. The Labute approximate surface area is 350 Å². The summed E-state index contributed by atoms with van der Waals surface area (Å²) in [6.07, 6.45) is 4.01. The highest BCUT2D eigenvalue weighted by atomic mass is 16.6. The Balaban J connectivity index is 0.000000716. The van der Waals surface area contributed by atoms with Gasteiger partial charge in [0.1, 0.15) is 23.5 Å². The van der Waals surface area contributed by atoms with Crippen molar-refractivity contribution in [2.45, 2.75) is 200 Å². The predicted octanol–water partition coefficient (Wildman–Crippen LogP) is 10.1. The first kappa shape index (κ1) is 47.2. The third-order valence-electron chi connectivity index (χ3n) is 13.4. The van der Waals surface area contributed by atoms with Crippen molar-refractivity contribution in [3.63, 3.8) is 0 Å². The van der Waals surface area contributed by atoms with Crippen molar-refractivity contribution in [2.75, 3.05) is 14.1 Å². The van der Waals surface area contributed by atoms with Crippen LogP contribution in [-0.2, 0) is 36.3 Å². The summed E-state index contributed by atoms with van der Waals surface area (Å²) in [4.78, 5) is 34.7. The van der Waals surface area contributed by atoms with E-state index in [-0.39, 0.29) is 57.4 Å². The van der Waals surface area contributed by atoms with Crippen LogP contribution in [0.25, 0.3) is 11.0 Å². The Morgan fingerprint density at radius 1 is 0.759 bits per heavy atom. The lowest BCUT2D eigenvalue weighted by Crippen LogP contribution is -2.61. The highest BCUT2D eigenvalue weighted by Gasteiger charge is 2.54. The first-order valence-electron chi connectivity index (χ1n) is 21.5. The number of ether oxygens (including phenoxy) is 2. The van der Waals surface area contributed by atoms with Crippen molar-refractivity contribution in [1.82, 2.24) is 25.2 Å². The lowest BCUT2D eigenvalue weighted by Gasteiger charge is -2.53. The Morgan fingerprint density at radius 2 is 1.17 bits per heavy atom. The minimum Gasteiger partial charge on any atom is -0.507 e. The maximum absolute atomic E-state index is 15.0. The highest BCUT2D eigenvalue weighted by Crippen LogP contribution is 2.45. The number of carbonyl (C=O) groups is 2. The number of aromatic nitrogens is 3. The van der Waals surface area contributed by atoms with Crippen LogP contribution in [0.15, 0.2) is 36.4 Å². The molecule has 0 amide bonds. The average Bonchev–Trinajstić information content (AvgIpc) is 3.56. The number of aromatic hydroxyl groups is 1. The van der Waals surface area contributed by atoms with Crippen molar-refractivity contribution in [3.8, 4) is 5.75 Å². The Morgan fingerprint density at radius 3 is 1.55 bits per heavy atom. The molecule has 0 atom stereocenters. The molecule has 10 heteroatoms. The number of aromatic amines is 1. The molecule has 2 fully saturated rings. The molecular weight excluding hydrogens is 727 g/mol. The predicted molar refractivity (Wildman–Crippen MR) is 235 cm³/mol. The van der Waals surface area contributed by atoms with Gasteiger partial charge in [-0.05, 0) is 122 Å². The fraction of sp³-hybridized carbons (Fsp3) is 0.708. The standard InChI is InChI=1S/C42H72N2O5.C6H5N3/c1-18-19-20-42(34(46)48-29-24-38(8,9)43(16)39(10,11)25-29,35(47)49-30-26-40(12,13)44(17)41(14,15)27-30)23-28-21-31(36(2,3)4)33(45)32(22-28)37(5,6)7;1-2-4-6-5(3-1)7-9-8-6/h21-22,29-30,45H,18-20,23-27H2,1-17H3;1-4H,(H,7,8,9). The molecule has 0 aliphatic carbocycles. The number of nitrogens with zero attached hydrogens (tertiary/aromatic N) is 4. The zero-order chi connectivity index (χ0) is 43.9. The highest BCUT2D eigenvalue weighted by molar-refractivity contribution is 6.00. The van der Waals surface area contributed by atoms with Crippen LogP contribution in [0.5, 0.6) is 5.75 Å². The number of phenols is 1. The number of hydrogen-bond acceptors (Lipinski definition) is 9. The quantitative estimate of drug-likeness (QED) is 0.161. The second-order valence-corrected chi connectivity index (χ2v) is 22.0. The number of fused-ring (bicyclic) bond motifs is 1. The summed E-state index contributed by atoms with van der Waals surface area (Å²) in [6.45, 7) is 32.1. The number of esters is 2. The molecule has 2 aliphatic rings. The van der Waals surface area contributed by atoms with Gasteiger partial charge in [-0.25, -0.2) is 0 Å². The molecule has 2 saturated heterocycles. The minimum atomic E-state index is -1.54. The Kier molecular flexibility index (Phi) is 13.7. The van der Waals surface area contributed by atoms with Crippen LogP contribution in [0.4, 0.5) is 0 Å². The second-order valence-electron chi connectivity index (χ2n) is 22.0. The van der Waals surface area contributed by atoms with Gasteiger partial charge in [0.05, 0.1) is 5.52 Å². The zero-order valence-corrected chi connectivity index (χ0v) is 39.1. The molecule has 0 saturated carbocycles. The summed E-state index contributed by atoms with van der Waals surface area (Å²) in [6, 6.07) is 11.7. The number of benzene rings is 2. The van der Waals surface area contributed by atoms with Crippen LogP contribution in [0.1, 0.15) is 165 Å². The van der Waals surface area contributed by atoms with Crippen LogP contribution in [0.2, 0.25) is 0 Å². The molecule has 0 spiro atoms. The van der Waals surface area contributed by atoms with Gasteiger partial charge in [-0.2, -0.15) is 0 Å². The van der Waals surface area contributed by atoms with Gasteiger partial charge >= 0.3 is 11.9 Å². The van der Waals surface area contributed by atoms with Crippen molar-refractivity contribution < 1.29 is 24.2 Å². The van der Waals surface area contributed by atoms with E-state index in [9.17, 15) is 14.7 Å². The lowest BCUT2D eigenvalue weighted by atomic mass is 9.73. The summed E-state index contributed by atoms with van der Waals surface area (Å²) in [5.74, 6) is -0.692. The normalized spacial score (nSPS) is 20.3. The van der Waals surface area contributed by atoms with Crippen LogP contribution in [0.3, 0.4) is 0 Å². The molecule has 5 rings (SSSR count). The van der Waals surface area contributed by atoms with Gasteiger partial charge in [0, 0.05) is 47.8 Å². The molecule has 58 heavy (non-hydrogen) atoms. The summed E-state index contributed by atoms with van der Waals surface area (Å²) in [5.41, 5.74) is 1.34. The van der Waals surface area contributed by atoms with Crippen LogP contribution >= 0.6 is 0 Å². The average molecular weight is 804 g/mol. The number of para-hydroxylation sites is 1. The molecule has 2 aliphatic heterocycles. The van der Waals surface area contributed by atoms with Crippen LogP contribution in [-0.4, -0.2) is 90.7 Å². The molecular formula is C48H77N5O5. The molecule has 0 bridgehead atoms. The van der Waals surface area contributed by atoms with Gasteiger partial charge in [-0.1, -0.05) is 90.8 Å². The zero-order valence-electron chi connectivity index (χ0n) is 39.1. The number of H-pyrrole nitrogens is 1. The van der Waals surface area contributed by atoms with Crippen molar-refractivity contribution in [3.05, 3.63) is 53.1 Å². The number of unbranched alkanes of at least 4 members (excludes halogenated alkanes) is 1. The summed E-state index contributed by atoms with van der Waals surface area (Å²) in [5, 5.41) is 21.7. The minimum absolute atomic E-state index is 0.149. The number of phenolic OH excluding ortho intramolecular Hbond substituents is 1. The van der Waals surface area contributed by atoms with E-state index in [1.165, 1.54) is 0 Å². The third-order valence-corrected chi connectivity index (χ3v) is 13.4. The largest absolute Gasteiger partial charge is 0.507 e. The summed E-state index contributed by atoms with van der Waals surface area (Å²) >= 11 is 0. The van der Waals surface area contributed by atoms with Crippen LogP contribution in [0, 0.1) is 5.41 Å². The molecule has 2 N–H and O–H groups in total. The number of nitrogens with one attached hydrogen (secondary N) is 1. The van der Waals surface area contributed by atoms with Gasteiger partial charge in [0.15, 0.2) is 5.41 Å². The molecule has 0 radical (unpaired) electrons. The van der Waals surface area contributed by atoms with Crippen molar-refractivity contribution in [1.29, 1.82) is 0 Å². The van der Waals surface area contributed by atoms with Gasteiger partial charge in [-0.15, -0.1) is 5.10 Å². The Bertz CT molecular complexity index is 1740. The number of carbonyl (C=O) groups excluding carboxylic acids is 2. The molecule has 3 heterocycles. The number of likely N-dealkylation sites (tertiary alicyclic amines) is 2. The van der Waals surface area contributed by atoms with Crippen molar-refractivity contribution in [2.24, 2.45) is 5.41 Å². The summed E-state index contributed by atoms with van der Waals surface area (Å²) < 4.78 is 13.1. The second kappa shape index (κ2) is 16.9. The smallest absolute Gasteiger partial charge is 0.324 e. The van der Waals surface area contributed by atoms with Gasteiger partial charge in [-0.3, -0.25) is 24.5 Å². The first-order valence-corrected chi connectivity index (χ1v) is 21.5. The van der Waals surface area contributed by atoms with Crippen molar-refractivity contribution >= 4 is 23.0 Å². The molecule has 324 valence electrons. The third kappa shape index (κ3) is 10.4. The van der Waals surface area contributed by atoms with E-state index in [2.05, 4.69) is 143 Å². The van der Waals surface area contributed by atoms with E-state index < -0.39 is 17.4 Å². The molecule has 2 aromatic carbocycles. The molecule has 0 unspecified atom stereocenters. The summed E-state index contributed by atoms with van der Waals surface area (Å²) in [7, 11) is 4.27. The van der Waals surface area contributed by atoms with E-state index in [0.29, 0.717) is 38.5 Å². The van der Waals surface area contributed by atoms with Gasteiger partial charge in [0.2, 0.25) is 0 Å². The van der Waals surface area contributed by atoms with E-state index in [1.807, 2.05) is 36.4 Å². The first-order chi connectivity index (χ1) is 26.5. The number of piperidine rings is 2. The van der Waals surface area contributed by atoms with E-state index in [1.54, 1.807) is 0 Å². The number of rotatable bonds is 9. The maximum Gasteiger partial charge on any atom is 0.324 e. The van der Waals surface area contributed by atoms with E-state index >= 15 is 0 Å². The van der Waals surface area contributed by atoms with Gasteiger partial charge < -0.3 is 14.6 Å². The monoisotopic (exact) mass is 804 g/mol. The fourth-order valence-electron chi connectivity index (χ4n) is 9.33. The van der Waals surface area contributed by atoms with Gasteiger partial charge in [0.25, 0.3) is 0 Å².